The number of carbonyl (C=O) groups is 1. The van der Waals surface area contributed by atoms with Crippen LogP contribution < -0.4 is 5.73 Å². The number of nitrogens with two attached hydrogens (primary N) is 1. The molecule has 2 rings (SSSR count). The first kappa shape index (κ1) is 14.7. The maximum Gasteiger partial charge on any atom is 0.266 e. The first-order chi connectivity index (χ1) is 9.41. The molecule has 1 amide bonds. The Bertz CT molecular complexity index is 623. The summed E-state index contributed by atoms with van der Waals surface area (Å²) in [6.45, 7) is 6.35. The molecule has 0 bridgehead atoms. The number of carbonyl (C=O) groups excluding carboxylic acids is 1. The molecule has 1 unspecified atom stereocenters. The molecular formula is C14H20N4OS. The molecule has 0 aliphatic heterocycles. The van der Waals surface area contributed by atoms with E-state index in [2.05, 4.69) is 30.7 Å². The lowest BCUT2D eigenvalue weighted by Crippen LogP contribution is -2.35. The Balaban J connectivity index is 2.29. The van der Waals surface area contributed by atoms with Crippen LogP contribution in [0.1, 0.15) is 36.9 Å². The van der Waals surface area contributed by atoms with Gasteiger partial charge in [-0.25, -0.2) is 9.97 Å². The number of hydrogen-bond donors (Lipinski definition) is 1. The van der Waals surface area contributed by atoms with E-state index in [0.717, 1.165) is 6.42 Å². The Kier molecular flexibility index (Phi) is 4.23. The van der Waals surface area contributed by atoms with Gasteiger partial charge >= 0.3 is 0 Å². The van der Waals surface area contributed by atoms with Gasteiger partial charge in [0.05, 0.1) is 5.69 Å². The minimum atomic E-state index is -0.0551. The number of fused-ring (bicyclic) bond motifs is 1. The highest BCUT2D eigenvalue weighted by Gasteiger charge is 2.24. The first-order valence-corrected chi connectivity index (χ1v) is 7.49. The summed E-state index contributed by atoms with van der Waals surface area (Å²) in [7, 11) is 1.82. The van der Waals surface area contributed by atoms with E-state index < -0.39 is 0 Å². The lowest BCUT2D eigenvalue weighted by molar-refractivity contribution is 0.0734. The van der Waals surface area contributed by atoms with Gasteiger partial charge in [-0.15, -0.1) is 11.3 Å². The molecule has 0 saturated carbocycles. The van der Waals surface area contributed by atoms with Crippen LogP contribution in [0.25, 0.3) is 10.3 Å². The van der Waals surface area contributed by atoms with Crippen LogP contribution in [0.4, 0.5) is 5.69 Å². The second-order valence-corrected chi connectivity index (χ2v) is 6.45. The van der Waals surface area contributed by atoms with E-state index in [1.807, 2.05) is 7.05 Å². The van der Waals surface area contributed by atoms with Gasteiger partial charge < -0.3 is 10.6 Å². The number of rotatable bonds is 4. The topological polar surface area (TPSA) is 72.1 Å². The predicted molar refractivity (Wildman–Crippen MR) is 82.8 cm³/mol. The molecule has 20 heavy (non-hydrogen) atoms. The van der Waals surface area contributed by atoms with E-state index in [-0.39, 0.29) is 11.9 Å². The largest absolute Gasteiger partial charge is 0.396 e. The monoisotopic (exact) mass is 292 g/mol. The van der Waals surface area contributed by atoms with E-state index in [4.69, 9.17) is 5.73 Å². The Labute approximate surface area is 122 Å². The van der Waals surface area contributed by atoms with E-state index >= 15 is 0 Å². The zero-order valence-corrected chi connectivity index (χ0v) is 13.1. The normalized spacial score (nSPS) is 12.8. The van der Waals surface area contributed by atoms with Crippen molar-refractivity contribution in [1.82, 2.24) is 14.9 Å². The van der Waals surface area contributed by atoms with Crippen molar-refractivity contribution in [3.8, 4) is 0 Å². The number of anilines is 1. The minimum absolute atomic E-state index is 0.0551. The molecule has 1 atom stereocenters. The number of nitrogen functional groups attached to an aromatic ring is 1. The summed E-state index contributed by atoms with van der Waals surface area (Å²) in [5, 5.41) is 0. The van der Waals surface area contributed by atoms with Crippen molar-refractivity contribution in [3.05, 3.63) is 17.3 Å². The fraction of sp³-hybridized carbons (Fsp3) is 0.500. The van der Waals surface area contributed by atoms with Crippen LogP contribution >= 0.6 is 11.3 Å². The van der Waals surface area contributed by atoms with Crippen LogP contribution in [0.5, 0.6) is 0 Å². The molecule has 0 radical (unpaired) electrons. The van der Waals surface area contributed by atoms with Crippen LogP contribution in [0.15, 0.2) is 12.4 Å². The summed E-state index contributed by atoms with van der Waals surface area (Å²) in [4.78, 5) is 23.9. The zero-order valence-electron chi connectivity index (χ0n) is 12.3. The first-order valence-electron chi connectivity index (χ1n) is 6.68. The van der Waals surface area contributed by atoms with Gasteiger partial charge in [-0.05, 0) is 19.3 Å². The SMILES string of the molecule is CC(C)CC(C)N(C)C(=O)c1sc2nccnc2c1N. The standard InChI is InChI=1S/C14H20N4OS/c1-8(2)7-9(3)18(4)14(19)12-10(15)11-13(20-12)17-6-5-16-11/h5-6,8-9H,7,15H2,1-4H3. The van der Waals surface area contributed by atoms with E-state index in [9.17, 15) is 4.79 Å². The van der Waals surface area contributed by atoms with Gasteiger partial charge in [0.1, 0.15) is 15.2 Å². The van der Waals surface area contributed by atoms with Gasteiger partial charge in [0.15, 0.2) is 0 Å². The molecule has 0 spiro atoms. The van der Waals surface area contributed by atoms with Crippen molar-refractivity contribution < 1.29 is 4.79 Å². The zero-order chi connectivity index (χ0) is 14.9. The Morgan fingerprint density at radius 2 is 2.00 bits per heavy atom. The van der Waals surface area contributed by atoms with Crippen LogP contribution in [0, 0.1) is 5.92 Å². The van der Waals surface area contributed by atoms with Crippen LogP contribution in [-0.2, 0) is 0 Å². The van der Waals surface area contributed by atoms with Crippen molar-refractivity contribution in [2.75, 3.05) is 12.8 Å². The fourth-order valence-corrected chi connectivity index (χ4v) is 3.21. The van der Waals surface area contributed by atoms with Crippen molar-refractivity contribution in [2.45, 2.75) is 33.2 Å². The molecule has 0 aliphatic rings. The highest BCUT2D eigenvalue weighted by Crippen LogP contribution is 2.31. The number of thiophene rings is 1. The highest BCUT2D eigenvalue weighted by atomic mass is 32.1. The minimum Gasteiger partial charge on any atom is -0.396 e. The number of amides is 1. The molecule has 0 fully saturated rings. The second-order valence-electron chi connectivity index (χ2n) is 5.45. The molecular weight excluding hydrogens is 272 g/mol. The van der Waals surface area contributed by atoms with Gasteiger partial charge in [0, 0.05) is 25.5 Å². The Morgan fingerprint density at radius 3 is 2.60 bits per heavy atom. The maximum atomic E-state index is 12.6. The summed E-state index contributed by atoms with van der Waals surface area (Å²) in [5.74, 6) is 0.490. The summed E-state index contributed by atoms with van der Waals surface area (Å²) in [6, 6.07) is 0.174. The summed E-state index contributed by atoms with van der Waals surface area (Å²) < 4.78 is 0. The van der Waals surface area contributed by atoms with E-state index in [0.29, 0.717) is 26.8 Å². The molecule has 2 heterocycles. The quantitative estimate of drug-likeness (QED) is 0.940. The third-order valence-corrected chi connectivity index (χ3v) is 4.44. The van der Waals surface area contributed by atoms with Gasteiger partial charge in [0.25, 0.3) is 5.91 Å². The van der Waals surface area contributed by atoms with Gasteiger partial charge in [-0.2, -0.15) is 0 Å². The number of nitrogens with zero attached hydrogens (tertiary/aromatic N) is 3. The van der Waals surface area contributed by atoms with Gasteiger partial charge in [-0.3, -0.25) is 4.79 Å². The van der Waals surface area contributed by atoms with Crippen LogP contribution in [0.3, 0.4) is 0 Å². The van der Waals surface area contributed by atoms with Gasteiger partial charge in [0.2, 0.25) is 0 Å². The van der Waals surface area contributed by atoms with Crippen molar-refractivity contribution >= 4 is 33.3 Å². The molecule has 0 saturated heterocycles. The lowest BCUT2D eigenvalue weighted by atomic mass is 10.0. The van der Waals surface area contributed by atoms with E-state index in [1.54, 1.807) is 17.3 Å². The molecule has 2 aromatic heterocycles. The van der Waals surface area contributed by atoms with Gasteiger partial charge in [-0.1, -0.05) is 13.8 Å². The Hall–Kier alpha value is -1.69. The van der Waals surface area contributed by atoms with Crippen LogP contribution in [0.2, 0.25) is 0 Å². The van der Waals surface area contributed by atoms with E-state index in [1.165, 1.54) is 11.3 Å². The number of hydrogen-bond acceptors (Lipinski definition) is 5. The molecule has 5 nitrogen and oxygen atoms in total. The molecule has 2 N–H and O–H groups in total. The Morgan fingerprint density at radius 1 is 1.35 bits per heavy atom. The average Bonchev–Trinajstić information content (AvgIpc) is 2.74. The van der Waals surface area contributed by atoms with Crippen molar-refractivity contribution in [2.24, 2.45) is 5.92 Å². The maximum absolute atomic E-state index is 12.6. The highest BCUT2D eigenvalue weighted by molar-refractivity contribution is 7.21. The molecule has 108 valence electrons. The fourth-order valence-electron chi connectivity index (χ4n) is 2.20. The van der Waals surface area contributed by atoms with Crippen molar-refractivity contribution in [1.29, 1.82) is 0 Å². The average molecular weight is 292 g/mol. The number of aromatic nitrogens is 2. The summed E-state index contributed by atoms with van der Waals surface area (Å²) in [5.41, 5.74) is 7.09. The molecule has 0 aliphatic carbocycles. The van der Waals surface area contributed by atoms with Crippen LogP contribution in [-0.4, -0.2) is 33.9 Å². The predicted octanol–water partition coefficient (Wildman–Crippen LogP) is 2.78. The third-order valence-electron chi connectivity index (χ3n) is 3.35. The molecule has 0 aromatic carbocycles. The van der Waals surface area contributed by atoms with Crippen molar-refractivity contribution in [3.63, 3.8) is 0 Å². The summed E-state index contributed by atoms with van der Waals surface area (Å²) >= 11 is 1.31. The lowest BCUT2D eigenvalue weighted by Gasteiger charge is -2.26. The summed E-state index contributed by atoms with van der Waals surface area (Å²) in [6.07, 6.45) is 4.16. The third kappa shape index (κ3) is 2.75. The molecule has 2 aromatic rings. The second kappa shape index (κ2) is 5.75. The molecule has 6 heteroatoms. The smallest absolute Gasteiger partial charge is 0.266 e.